The number of nitrogens with one attached hydrogen (secondary N) is 1. The highest BCUT2D eigenvalue weighted by molar-refractivity contribution is 7.91. The number of pyridine rings is 1. The highest BCUT2D eigenvalue weighted by Gasteiger charge is 2.32. The summed E-state index contributed by atoms with van der Waals surface area (Å²) in [4.78, 5) is 18.2. The minimum absolute atomic E-state index is 0.0163. The molecule has 2 unspecified atom stereocenters. The molecule has 4 heterocycles. The molecular formula is C24H24N4O4S. The van der Waals surface area contributed by atoms with E-state index < -0.39 is 9.84 Å². The van der Waals surface area contributed by atoms with Gasteiger partial charge < -0.3 is 9.73 Å². The van der Waals surface area contributed by atoms with E-state index in [0.717, 1.165) is 5.56 Å². The first-order valence-corrected chi connectivity index (χ1v) is 12.6. The van der Waals surface area contributed by atoms with Crippen LogP contribution in [-0.4, -0.2) is 40.6 Å². The fourth-order valence-corrected chi connectivity index (χ4v) is 6.06. The van der Waals surface area contributed by atoms with Crippen molar-refractivity contribution in [2.45, 2.75) is 32.4 Å². The number of rotatable bonds is 5. The number of carbonyl (C=O) groups excluding carboxylic acids is 1. The fraction of sp³-hybridized carbons (Fsp3) is 0.292. The van der Waals surface area contributed by atoms with Gasteiger partial charge in [-0.2, -0.15) is 5.10 Å². The first kappa shape index (κ1) is 21.4. The molecule has 1 N–H and O–H groups in total. The molecule has 1 aliphatic heterocycles. The van der Waals surface area contributed by atoms with Crippen LogP contribution in [-0.2, 0) is 9.84 Å². The Hall–Kier alpha value is -3.46. The minimum atomic E-state index is -3.12. The largest absolute Gasteiger partial charge is 0.463 e. The van der Waals surface area contributed by atoms with Crippen LogP contribution in [0.15, 0.2) is 59.2 Å². The highest BCUT2D eigenvalue weighted by Crippen LogP contribution is 2.32. The number of fused-ring (bicyclic) bond motifs is 1. The lowest BCUT2D eigenvalue weighted by molar-refractivity contribution is 0.0941. The van der Waals surface area contributed by atoms with E-state index >= 15 is 0 Å². The molecule has 33 heavy (non-hydrogen) atoms. The molecule has 8 nitrogen and oxygen atoms in total. The molecule has 9 heteroatoms. The summed E-state index contributed by atoms with van der Waals surface area (Å²) in [5.74, 6) is 0.403. The van der Waals surface area contributed by atoms with E-state index in [4.69, 9.17) is 9.40 Å². The third kappa shape index (κ3) is 4.04. The van der Waals surface area contributed by atoms with Gasteiger partial charge in [0, 0.05) is 0 Å². The van der Waals surface area contributed by atoms with E-state index in [9.17, 15) is 13.2 Å². The van der Waals surface area contributed by atoms with Crippen LogP contribution in [0.25, 0.3) is 22.5 Å². The third-order valence-corrected chi connectivity index (χ3v) is 7.81. The van der Waals surface area contributed by atoms with Gasteiger partial charge in [-0.3, -0.25) is 4.79 Å². The number of nitrogens with zero attached hydrogens (tertiary/aromatic N) is 3. The van der Waals surface area contributed by atoms with Gasteiger partial charge in [-0.15, -0.1) is 0 Å². The average Bonchev–Trinajstić information content (AvgIpc) is 3.53. The Morgan fingerprint density at radius 2 is 2.00 bits per heavy atom. The zero-order valence-corrected chi connectivity index (χ0v) is 19.2. The first-order chi connectivity index (χ1) is 15.8. The maximum atomic E-state index is 13.4. The molecule has 0 aliphatic carbocycles. The Morgan fingerprint density at radius 3 is 2.67 bits per heavy atom. The van der Waals surface area contributed by atoms with Crippen LogP contribution < -0.4 is 5.32 Å². The molecule has 1 aliphatic rings. The monoisotopic (exact) mass is 464 g/mol. The molecule has 1 saturated heterocycles. The average molecular weight is 465 g/mol. The molecule has 0 bridgehead atoms. The van der Waals surface area contributed by atoms with Crippen molar-refractivity contribution in [3.63, 3.8) is 0 Å². The van der Waals surface area contributed by atoms with E-state index in [-0.39, 0.29) is 29.5 Å². The van der Waals surface area contributed by atoms with E-state index in [0.29, 0.717) is 40.2 Å². The molecule has 1 amide bonds. The lowest BCUT2D eigenvalue weighted by Crippen LogP contribution is -2.27. The van der Waals surface area contributed by atoms with Gasteiger partial charge in [0.05, 0.1) is 46.5 Å². The Balaban J connectivity index is 1.62. The Kier molecular flexibility index (Phi) is 5.28. The number of aryl methyl sites for hydroxylation is 1. The van der Waals surface area contributed by atoms with E-state index in [2.05, 4.69) is 10.4 Å². The number of furan rings is 1. The molecule has 1 fully saturated rings. The van der Waals surface area contributed by atoms with Crippen LogP contribution in [0.2, 0.25) is 0 Å². The highest BCUT2D eigenvalue weighted by atomic mass is 32.2. The molecule has 0 saturated carbocycles. The molecular weight excluding hydrogens is 440 g/mol. The van der Waals surface area contributed by atoms with E-state index in [1.165, 1.54) is 0 Å². The Bertz CT molecular complexity index is 1430. The Morgan fingerprint density at radius 1 is 1.21 bits per heavy atom. The summed E-state index contributed by atoms with van der Waals surface area (Å²) in [5, 5.41) is 8.30. The predicted octanol–water partition coefficient (Wildman–Crippen LogP) is 3.85. The zero-order chi connectivity index (χ0) is 23.2. The number of aromatic nitrogens is 3. The molecule has 0 spiro atoms. The lowest BCUT2D eigenvalue weighted by Gasteiger charge is -2.16. The predicted molar refractivity (Wildman–Crippen MR) is 125 cm³/mol. The van der Waals surface area contributed by atoms with Gasteiger partial charge in [0.2, 0.25) is 0 Å². The molecule has 5 rings (SSSR count). The van der Waals surface area contributed by atoms with Gasteiger partial charge in [-0.25, -0.2) is 18.1 Å². The van der Waals surface area contributed by atoms with Gasteiger partial charge >= 0.3 is 0 Å². The minimum Gasteiger partial charge on any atom is -0.463 e. The third-order valence-electron chi connectivity index (χ3n) is 6.06. The van der Waals surface area contributed by atoms with Crippen LogP contribution >= 0.6 is 0 Å². The van der Waals surface area contributed by atoms with Crippen LogP contribution in [0, 0.1) is 6.92 Å². The molecule has 3 aromatic heterocycles. The topological polar surface area (TPSA) is 107 Å². The number of amides is 1. The van der Waals surface area contributed by atoms with Crippen molar-refractivity contribution in [3.8, 4) is 11.5 Å². The molecule has 170 valence electrons. The summed E-state index contributed by atoms with van der Waals surface area (Å²) < 4.78 is 31.4. The normalized spacial score (nSPS) is 18.4. The van der Waals surface area contributed by atoms with Crippen molar-refractivity contribution in [1.29, 1.82) is 0 Å². The van der Waals surface area contributed by atoms with E-state index in [1.54, 1.807) is 29.1 Å². The number of hydrogen-bond acceptors (Lipinski definition) is 6. The summed E-state index contributed by atoms with van der Waals surface area (Å²) in [7, 11) is -3.12. The van der Waals surface area contributed by atoms with Crippen molar-refractivity contribution in [2.75, 3.05) is 11.5 Å². The van der Waals surface area contributed by atoms with Crippen molar-refractivity contribution in [2.24, 2.45) is 0 Å². The van der Waals surface area contributed by atoms with Gasteiger partial charge in [-0.05, 0) is 44.0 Å². The maximum absolute atomic E-state index is 13.4. The smallest absolute Gasteiger partial charge is 0.252 e. The maximum Gasteiger partial charge on any atom is 0.252 e. The number of sulfone groups is 1. The standard InChI is InChI=1S/C24H24N4O4S/c1-15(17-7-4-3-5-8-17)25-24(29)19-13-20(21-9-6-11-32-21)26-23-22(19)16(2)27-28(23)18-10-12-33(30,31)14-18/h3-9,11,13,15,18H,10,12,14H2,1-2H3,(H,25,29). The molecule has 4 aromatic rings. The summed E-state index contributed by atoms with van der Waals surface area (Å²) >= 11 is 0. The SMILES string of the molecule is Cc1nn(C2CCS(=O)(=O)C2)c2nc(-c3ccco3)cc(C(=O)NC(C)c3ccccc3)c12. The second kappa shape index (κ2) is 8.15. The lowest BCUT2D eigenvalue weighted by atomic mass is 10.1. The van der Waals surface area contributed by atoms with Gasteiger partial charge in [0.15, 0.2) is 21.2 Å². The Labute approximate surface area is 191 Å². The van der Waals surface area contributed by atoms with Crippen LogP contribution in [0.1, 0.15) is 47.0 Å². The fourth-order valence-electron chi connectivity index (χ4n) is 4.36. The van der Waals surface area contributed by atoms with E-state index in [1.807, 2.05) is 44.2 Å². The summed E-state index contributed by atoms with van der Waals surface area (Å²) in [6.45, 7) is 3.74. The molecule has 1 aromatic carbocycles. The van der Waals surface area contributed by atoms with Gasteiger partial charge in [-0.1, -0.05) is 30.3 Å². The second-order valence-corrected chi connectivity index (χ2v) is 10.7. The van der Waals surface area contributed by atoms with Crippen LogP contribution in [0.5, 0.6) is 0 Å². The first-order valence-electron chi connectivity index (χ1n) is 10.8. The quantitative estimate of drug-likeness (QED) is 0.481. The van der Waals surface area contributed by atoms with Crippen molar-refractivity contribution >= 4 is 26.8 Å². The van der Waals surface area contributed by atoms with Gasteiger partial charge in [0.1, 0.15) is 5.69 Å². The summed E-state index contributed by atoms with van der Waals surface area (Å²) in [6.07, 6.45) is 2.02. The number of benzene rings is 1. The van der Waals surface area contributed by atoms with Gasteiger partial charge in [0.25, 0.3) is 5.91 Å². The number of carbonyl (C=O) groups is 1. The molecule has 0 radical (unpaired) electrons. The van der Waals surface area contributed by atoms with Crippen LogP contribution in [0.4, 0.5) is 0 Å². The number of hydrogen-bond donors (Lipinski definition) is 1. The summed E-state index contributed by atoms with van der Waals surface area (Å²) in [5.41, 5.74) is 3.03. The van der Waals surface area contributed by atoms with Crippen molar-refractivity contribution in [3.05, 3.63) is 71.6 Å². The van der Waals surface area contributed by atoms with Crippen molar-refractivity contribution < 1.29 is 17.6 Å². The van der Waals surface area contributed by atoms with Crippen LogP contribution in [0.3, 0.4) is 0 Å². The molecule has 2 atom stereocenters. The van der Waals surface area contributed by atoms with Crippen molar-refractivity contribution in [1.82, 2.24) is 20.1 Å². The zero-order valence-electron chi connectivity index (χ0n) is 18.4. The summed E-state index contributed by atoms with van der Waals surface area (Å²) in [6, 6.07) is 14.4. The second-order valence-electron chi connectivity index (χ2n) is 8.42.